The predicted octanol–water partition coefficient (Wildman–Crippen LogP) is 7.26. The van der Waals surface area contributed by atoms with E-state index < -0.39 is 23.3 Å². The standard InChI is InChI=1S/C29H33F4N3O2.C8H13N3/c1-5-26(37)35-12-10-19(17-35)9-11-34(4)16-20-13-23-24(25(14-20)29(31,32)33)18-36(27(23)38)22-8-6-7-21(15-22)28(2,3)30;1-6-3-7(4-6)8-10-9-5-11(8)2/h5-8,13-15,19H,1,9-12,16-18H2,2-4H3;5-7H,3-4H2,1-2H3. The number of amides is 2. The van der Waals surface area contributed by atoms with E-state index in [1.165, 1.54) is 43.7 Å². The van der Waals surface area contributed by atoms with Crippen molar-refractivity contribution in [3.63, 3.8) is 0 Å². The minimum absolute atomic E-state index is 0.0301. The molecule has 2 aliphatic heterocycles. The number of rotatable bonds is 9. The van der Waals surface area contributed by atoms with Crippen LogP contribution in [0.4, 0.5) is 23.2 Å². The summed E-state index contributed by atoms with van der Waals surface area (Å²) in [6.07, 6.45) is 2.72. The molecular weight excluding hydrogens is 636 g/mol. The lowest BCUT2D eigenvalue weighted by Crippen LogP contribution is -2.27. The molecule has 3 heterocycles. The van der Waals surface area contributed by atoms with Crippen LogP contribution < -0.4 is 4.90 Å². The van der Waals surface area contributed by atoms with Crippen LogP contribution in [0.2, 0.25) is 0 Å². The number of anilines is 1. The Balaban J connectivity index is 0.000000357. The fourth-order valence-electron chi connectivity index (χ4n) is 7.03. The first-order valence-electron chi connectivity index (χ1n) is 16.8. The summed E-state index contributed by atoms with van der Waals surface area (Å²) in [5.41, 5.74) is -1.39. The fourth-order valence-corrected chi connectivity index (χ4v) is 7.03. The molecule has 0 N–H and O–H groups in total. The predicted molar refractivity (Wildman–Crippen MR) is 181 cm³/mol. The van der Waals surface area contributed by atoms with Gasteiger partial charge in [-0.3, -0.25) is 9.59 Å². The second-order valence-electron chi connectivity index (χ2n) is 14.3. The number of nitrogens with zero attached hydrogens (tertiary/aromatic N) is 6. The van der Waals surface area contributed by atoms with Gasteiger partial charge in [-0.2, -0.15) is 13.2 Å². The van der Waals surface area contributed by atoms with Gasteiger partial charge in [0.05, 0.1) is 12.1 Å². The van der Waals surface area contributed by atoms with Gasteiger partial charge in [0.1, 0.15) is 17.8 Å². The van der Waals surface area contributed by atoms with Crippen LogP contribution in [0.25, 0.3) is 0 Å². The first-order chi connectivity index (χ1) is 23.0. The zero-order valence-corrected chi connectivity index (χ0v) is 28.9. The molecule has 2 aromatic carbocycles. The van der Waals surface area contributed by atoms with E-state index >= 15 is 0 Å². The lowest BCUT2D eigenvalue weighted by atomic mass is 9.76. The van der Waals surface area contributed by atoms with Gasteiger partial charge in [0.2, 0.25) is 5.91 Å². The number of benzene rings is 2. The molecule has 12 heteroatoms. The Labute approximate surface area is 285 Å². The molecule has 0 bridgehead atoms. The lowest BCUT2D eigenvalue weighted by molar-refractivity contribution is -0.138. The highest BCUT2D eigenvalue weighted by atomic mass is 19.4. The molecular formula is C37H46F4N6O2. The highest BCUT2D eigenvalue weighted by Gasteiger charge is 2.41. The van der Waals surface area contributed by atoms with Crippen LogP contribution in [0.5, 0.6) is 0 Å². The number of likely N-dealkylation sites (tertiary alicyclic amines) is 1. The number of aryl methyl sites for hydroxylation is 1. The molecule has 264 valence electrons. The van der Waals surface area contributed by atoms with Gasteiger partial charge in [-0.1, -0.05) is 25.6 Å². The molecule has 0 radical (unpaired) electrons. The molecule has 1 aliphatic carbocycles. The molecule has 1 saturated heterocycles. The number of alkyl halides is 4. The average Bonchev–Trinajstić information content (AvgIpc) is 3.76. The molecule has 0 spiro atoms. The molecule has 49 heavy (non-hydrogen) atoms. The van der Waals surface area contributed by atoms with Crippen LogP contribution in [-0.4, -0.2) is 63.1 Å². The van der Waals surface area contributed by atoms with Crippen molar-refractivity contribution in [3.05, 3.63) is 89.0 Å². The second-order valence-corrected chi connectivity index (χ2v) is 14.3. The van der Waals surface area contributed by atoms with Crippen molar-refractivity contribution >= 4 is 17.5 Å². The minimum atomic E-state index is -4.62. The van der Waals surface area contributed by atoms with Gasteiger partial charge in [-0.15, -0.1) is 10.2 Å². The minimum Gasteiger partial charge on any atom is -0.339 e. The van der Waals surface area contributed by atoms with E-state index in [0.29, 0.717) is 48.3 Å². The zero-order valence-electron chi connectivity index (χ0n) is 28.9. The Morgan fingerprint density at radius 1 is 1.14 bits per heavy atom. The lowest BCUT2D eigenvalue weighted by Gasteiger charge is -2.31. The van der Waals surface area contributed by atoms with Gasteiger partial charge in [0.25, 0.3) is 5.91 Å². The van der Waals surface area contributed by atoms with Crippen LogP contribution in [0.15, 0.2) is 55.4 Å². The Bertz CT molecular complexity index is 1670. The fraction of sp³-hybridized carbons (Fsp3) is 0.514. The van der Waals surface area contributed by atoms with Crippen LogP contribution >= 0.6 is 0 Å². The number of halogens is 4. The summed E-state index contributed by atoms with van der Waals surface area (Å²) < 4.78 is 58.8. The highest BCUT2D eigenvalue weighted by Crippen LogP contribution is 2.41. The van der Waals surface area contributed by atoms with Gasteiger partial charge in [-0.05, 0) is 112 Å². The van der Waals surface area contributed by atoms with Crippen molar-refractivity contribution < 1.29 is 27.2 Å². The van der Waals surface area contributed by atoms with E-state index in [9.17, 15) is 27.2 Å². The molecule has 2 fully saturated rings. The number of carbonyl (C=O) groups is 2. The number of fused-ring (bicyclic) bond motifs is 1. The van der Waals surface area contributed by atoms with Crippen molar-refractivity contribution in [2.24, 2.45) is 18.9 Å². The van der Waals surface area contributed by atoms with E-state index in [1.807, 2.05) is 23.6 Å². The van der Waals surface area contributed by atoms with Crippen LogP contribution in [-0.2, 0) is 36.8 Å². The van der Waals surface area contributed by atoms with Crippen molar-refractivity contribution in [2.75, 3.05) is 31.6 Å². The van der Waals surface area contributed by atoms with Crippen molar-refractivity contribution in [1.82, 2.24) is 24.6 Å². The van der Waals surface area contributed by atoms with Crippen molar-refractivity contribution in [3.8, 4) is 0 Å². The van der Waals surface area contributed by atoms with Gasteiger partial charge in [-0.25, -0.2) is 4.39 Å². The summed E-state index contributed by atoms with van der Waals surface area (Å²) in [6, 6.07) is 8.99. The zero-order chi connectivity index (χ0) is 35.7. The molecule has 1 aromatic heterocycles. The average molecular weight is 683 g/mol. The van der Waals surface area contributed by atoms with Crippen LogP contribution in [0, 0.1) is 11.8 Å². The second kappa shape index (κ2) is 14.4. The highest BCUT2D eigenvalue weighted by molar-refractivity contribution is 6.10. The Kier molecular flexibility index (Phi) is 10.7. The van der Waals surface area contributed by atoms with E-state index in [0.717, 1.165) is 30.7 Å². The molecule has 3 aromatic rings. The third-order valence-corrected chi connectivity index (χ3v) is 9.88. The third kappa shape index (κ3) is 8.40. The quantitative estimate of drug-likeness (QED) is 0.176. The third-order valence-electron chi connectivity index (χ3n) is 9.88. The SMILES string of the molecule is C=CC(=O)N1CCC(CCN(C)Cc2cc3c(c(C(F)(F)F)c2)CN(c2cccc(C(C)(C)F)c2)C3=O)C1.CC1CC(c2nncn2C)C1. The molecule has 2 amide bonds. The van der Waals surface area contributed by atoms with Crippen molar-refractivity contribution in [2.45, 2.75) is 77.3 Å². The molecule has 6 rings (SSSR count). The first kappa shape index (κ1) is 36.2. The van der Waals surface area contributed by atoms with E-state index in [1.54, 1.807) is 35.5 Å². The van der Waals surface area contributed by atoms with Gasteiger partial charge in [0.15, 0.2) is 0 Å². The molecule has 8 nitrogen and oxygen atoms in total. The maximum absolute atomic E-state index is 14.5. The number of carbonyl (C=O) groups excluding carboxylic acids is 2. The molecule has 1 unspecified atom stereocenters. The first-order valence-corrected chi connectivity index (χ1v) is 16.8. The Morgan fingerprint density at radius 3 is 2.49 bits per heavy atom. The maximum Gasteiger partial charge on any atom is 0.416 e. The molecule has 1 saturated carbocycles. The van der Waals surface area contributed by atoms with Gasteiger partial charge in [0, 0.05) is 43.9 Å². The summed E-state index contributed by atoms with van der Waals surface area (Å²) in [5.74, 6) is 2.43. The number of hydrogen-bond acceptors (Lipinski definition) is 5. The number of hydrogen-bond donors (Lipinski definition) is 0. The summed E-state index contributed by atoms with van der Waals surface area (Å²) in [5, 5.41) is 7.95. The maximum atomic E-state index is 14.5. The van der Waals surface area contributed by atoms with Crippen LogP contribution in [0.1, 0.15) is 90.8 Å². The van der Waals surface area contributed by atoms with Gasteiger partial charge >= 0.3 is 6.18 Å². The number of aromatic nitrogens is 3. The summed E-state index contributed by atoms with van der Waals surface area (Å²) >= 11 is 0. The smallest absolute Gasteiger partial charge is 0.339 e. The normalized spacial score (nSPS) is 20.6. The van der Waals surface area contributed by atoms with E-state index in [-0.39, 0.29) is 30.1 Å². The molecule has 3 aliphatic rings. The largest absolute Gasteiger partial charge is 0.416 e. The van der Waals surface area contributed by atoms with Crippen LogP contribution in [0.3, 0.4) is 0 Å². The Morgan fingerprint density at radius 2 is 1.88 bits per heavy atom. The summed E-state index contributed by atoms with van der Waals surface area (Å²) in [4.78, 5) is 30.1. The topological polar surface area (TPSA) is 74.6 Å². The van der Waals surface area contributed by atoms with E-state index in [2.05, 4.69) is 23.7 Å². The van der Waals surface area contributed by atoms with E-state index in [4.69, 9.17) is 0 Å². The van der Waals surface area contributed by atoms with Gasteiger partial charge < -0.3 is 19.3 Å². The molecule has 1 atom stereocenters. The monoisotopic (exact) mass is 682 g/mol. The van der Waals surface area contributed by atoms with Crippen molar-refractivity contribution in [1.29, 1.82) is 0 Å². The summed E-state index contributed by atoms with van der Waals surface area (Å²) in [6.45, 7) is 10.6. The Hall–Kier alpha value is -4.06. The summed E-state index contributed by atoms with van der Waals surface area (Å²) in [7, 11) is 3.85.